The summed E-state index contributed by atoms with van der Waals surface area (Å²) in [6.45, 7) is 0. The van der Waals surface area contributed by atoms with Crippen LogP contribution in [-0.4, -0.2) is 21.6 Å². The van der Waals surface area contributed by atoms with Crippen LogP contribution in [0.15, 0.2) is 61.1 Å². The number of aromatic nitrogens is 2. The van der Waals surface area contributed by atoms with E-state index in [0.717, 1.165) is 42.6 Å². The van der Waals surface area contributed by atoms with Gasteiger partial charge in [-0.05, 0) is 84.9 Å². The standard InChI is InChI=1S/C28H30N2O2/c1-32-26-15-14-22(24-4-2-3-5-25(24)26)18-8-10-20(11-9-18)28(31)27-23(19-6-7-19)13-12-21-16-29-17-30(21)27/h2-5,12-20,28,31H,6-11H2,1H3. The molecule has 2 aromatic carbocycles. The normalized spacial score (nSPS) is 22.3. The number of ether oxygens (including phenoxy) is 1. The van der Waals surface area contributed by atoms with Gasteiger partial charge in [0.1, 0.15) is 5.75 Å². The number of imidazole rings is 1. The van der Waals surface area contributed by atoms with E-state index in [1.54, 1.807) is 7.11 Å². The van der Waals surface area contributed by atoms with Crippen LogP contribution in [-0.2, 0) is 0 Å². The van der Waals surface area contributed by atoms with Crippen LogP contribution in [0.2, 0.25) is 0 Å². The molecular weight excluding hydrogens is 396 g/mol. The van der Waals surface area contributed by atoms with Crippen molar-refractivity contribution in [2.24, 2.45) is 5.92 Å². The average Bonchev–Trinajstić information content (AvgIpc) is 3.58. The number of aliphatic hydroxyl groups excluding tert-OH is 1. The Labute approximate surface area is 188 Å². The van der Waals surface area contributed by atoms with Crippen molar-refractivity contribution in [3.8, 4) is 5.75 Å². The first-order valence-corrected chi connectivity index (χ1v) is 11.9. The Kier molecular flexibility index (Phi) is 4.91. The van der Waals surface area contributed by atoms with Gasteiger partial charge in [0.05, 0.1) is 36.9 Å². The predicted molar refractivity (Wildman–Crippen MR) is 127 cm³/mol. The molecule has 0 saturated heterocycles. The van der Waals surface area contributed by atoms with Crippen molar-refractivity contribution in [1.29, 1.82) is 0 Å². The quantitative estimate of drug-likeness (QED) is 0.403. The van der Waals surface area contributed by atoms with Gasteiger partial charge in [-0.15, -0.1) is 0 Å². The second-order valence-corrected chi connectivity index (χ2v) is 9.60. The average molecular weight is 427 g/mol. The maximum Gasteiger partial charge on any atom is 0.126 e. The molecule has 4 nitrogen and oxygen atoms in total. The number of benzene rings is 2. The van der Waals surface area contributed by atoms with E-state index in [2.05, 4.69) is 57.9 Å². The molecule has 2 aliphatic carbocycles. The van der Waals surface area contributed by atoms with Crippen molar-refractivity contribution in [2.75, 3.05) is 7.11 Å². The van der Waals surface area contributed by atoms with Crippen molar-refractivity contribution >= 4 is 16.3 Å². The first kappa shape index (κ1) is 19.8. The zero-order valence-electron chi connectivity index (χ0n) is 18.6. The van der Waals surface area contributed by atoms with Crippen LogP contribution >= 0.6 is 0 Å². The summed E-state index contributed by atoms with van der Waals surface area (Å²) in [7, 11) is 1.74. The third-order valence-corrected chi connectivity index (χ3v) is 7.75. The molecule has 2 heterocycles. The summed E-state index contributed by atoms with van der Waals surface area (Å²) < 4.78 is 7.72. The second kappa shape index (κ2) is 7.93. The molecule has 1 atom stereocenters. The highest BCUT2D eigenvalue weighted by Crippen LogP contribution is 2.47. The van der Waals surface area contributed by atoms with Crippen LogP contribution in [0.3, 0.4) is 0 Å². The number of nitrogens with zero attached hydrogens (tertiary/aromatic N) is 2. The molecule has 4 aromatic rings. The lowest BCUT2D eigenvalue weighted by atomic mass is 9.74. The summed E-state index contributed by atoms with van der Waals surface area (Å²) in [5.41, 5.74) is 4.90. The molecule has 1 N–H and O–H groups in total. The van der Waals surface area contributed by atoms with Gasteiger partial charge in [0.15, 0.2) is 0 Å². The highest BCUT2D eigenvalue weighted by molar-refractivity contribution is 5.91. The highest BCUT2D eigenvalue weighted by atomic mass is 16.5. The fourth-order valence-corrected chi connectivity index (χ4v) is 5.88. The number of pyridine rings is 1. The Balaban J connectivity index is 1.26. The van der Waals surface area contributed by atoms with Crippen LogP contribution < -0.4 is 4.74 Å². The third-order valence-electron chi connectivity index (χ3n) is 7.75. The highest BCUT2D eigenvalue weighted by Gasteiger charge is 2.34. The largest absolute Gasteiger partial charge is 0.496 e. The molecule has 0 bridgehead atoms. The van der Waals surface area contributed by atoms with Crippen molar-refractivity contribution in [3.05, 3.63) is 77.9 Å². The minimum Gasteiger partial charge on any atom is -0.496 e. The van der Waals surface area contributed by atoms with Crippen LogP contribution in [0.25, 0.3) is 16.3 Å². The van der Waals surface area contributed by atoms with Gasteiger partial charge in [-0.3, -0.25) is 0 Å². The predicted octanol–water partition coefficient (Wildman–Crippen LogP) is 6.38. The third kappa shape index (κ3) is 3.29. The van der Waals surface area contributed by atoms with Crippen LogP contribution in [0.1, 0.15) is 73.3 Å². The summed E-state index contributed by atoms with van der Waals surface area (Å²) in [6.07, 6.45) is 10.1. The number of hydrogen-bond acceptors (Lipinski definition) is 3. The summed E-state index contributed by atoms with van der Waals surface area (Å²) in [4.78, 5) is 4.35. The molecule has 4 heteroatoms. The van der Waals surface area contributed by atoms with Crippen molar-refractivity contribution < 1.29 is 9.84 Å². The first-order valence-electron chi connectivity index (χ1n) is 11.9. The van der Waals surface area contributed by atoms with E-state index in [1.165, 1.54) is 34.7 Å². The van der Waals surface area contributed by atoms with E-state index < -0.39 is 6.10 Å². The number of hydrogen-bond donors (Lipinski definition) is 1. The molecule has 6 rings (SSSR count). The molecule has 0 aliphatic heterocycles. The molecule has 0 amide bonds. The van der Waals surface area contributed by atoms with Crippen molar-refractivity contribution in [3.63, 3.8) is 0 Å². The SMILES string of the molecule is COc1ccc(C2CCC(C(O)c3c(C4CC4)ccc4cncn34)CC2)c2ccccc12. The van der Waals surface area contributed by atoms with Gasteiger partial charge in [0.2, 0.25) is 0 Å². The minimum absolute atomic E-state index is 0.293. The van der Waals surface area contributed by atoms with Crippen molar-refractivity contribution in [1.82, 2.24) is 9.38 Å². The van der Waals surface area contributed by atoms with Gasteiger partial charge in [0, 0.05) is 5.39 Å². The van der Waals surface area contributed by atoms with Gasteiger partial charge >= 0.3 is 0 Å². The Morgan fingerprint density at radius 1 is 0.875 bits per heavy atom. The molecule has 2 aliphatic rings. The Hall–Kier alpha value is -2.85. The first-order chi connectivity index (χ1) is 15.7. The van der Waals surface area contributed by atoms with E-state index in [1.807, 2.05) is 12.5 Å². The molecule has 2 aromatic heterocycles. The summed E-state index contributed by atoms with van der Waals surface area (Å²) in [6, 6.07) is 17.3. The molecular formula is C28H30N2O2. The fourth-order valence-electron chi connectivity index (χ4n) is 5.88. The maximum atomic E-state index is 11.6. The van der Waals surface area contributed by atoms with Crippen LogP contribution in [0.4, 0.5) is 0 Å². The van der Waals surface area contributed by atoms with Gasteiger partial charge in [-0.1, -0.05) is 36.4 Å². The van der Waals surface area contributed by atoms with Crippen LogP contribution in [0, 0.1) is 5.92 Å². The molecule has 32 heavy (non-hydrogen) atoms. The number of aliphatic hydroxyl groups is 1. The van der Waals surface area contributed by atoms with E-state index in [0.29, 0.717) is 17.8 Å². The molecule has 164 valence electrons. The van der Waals surface area contributed by atoms with Gasteiger partial charge < -0.3 is 14.2 Å². The lowest BCUT2D eigenvalue weighted by molar-refractivity contribution is 0.0755. The maximum absolute atomic E-state index is 11.6. The number of rotatable bonds is 5. The molecule has 0 spiro atoms. The minimum atomic E-state index is -0.433. The fraction of sp³-hybridized carbons (Fsp3) is 0.393. The Bertz CT molecular complexity index is 1270. The molecule has 1 unspecified atom stereocenters. The molecule has 0 radical (unpaired) electrons. The Morgan fingerprint density at radius 2 is 1.56 bits per heavy atom. The smallest absolute Gasteiger partial charge is 0.126 e. The van der Waals surface area contributed by atoms with Gasteiger partial charge in [-0.2, -0.15) is 0 Å². The monoisotopic (exact) mass is 426 g/mol. The zero-order chi connectivity index (χ0) is 21.7. The van der Waals surface area contributed by atoms with E-state index in [9.17, 15) is 5.11 Å². The molecule has 2 fully saturated rings. The van der Waals surface area contributed by atoms with E-state index >= 15 is 0 Å². The zero-order valence-corrected chi connectivity index (χ0v) is 18.6. The van der Waals surface area contributed by atoms with Crippen LogP contribution in [0.5, 0.6) is 5.75 Å². The number of fused-ring (bicyclic) bond motifs is 2. The molecule has 2 saturated carbocycles. The lowest BCUT2D eigenvalue weighted by Gasteiger charge is -2.33. The summed E-state index contributed by atoms with van der Waals surface area (Å²) in [5.74, 6) is 2.37. The van der Waals surface area contributed by atoms with Gasteiger partial charge in [0.25, 0.3) is 0 Å². The van der Waals surface area contributed by atoms with E-state index in [4.69, 9.17) is 4.74 Å². The second-order valence-electron chi connectivity index (χ2n) is 9.60. The van der Waals surface area contributed by atoms with Crippen molar-refractivity contribution in [2.45, 2.75) is 56.5 Å². The summed E-state index contributed by atoms with van der Waals surface area (Å²) in [5, 5.41) is 14.0. The Morgan fingerprint density at radius 3 is 2.31 bits per heavy atom. The topological polar surface area (TPSA) is 46.8 Å². The van der Waals surface area contributed by atoms with E-state index in [-0.39, 0.29) is 0 Å². The lowest BCUT2D eigenvalue weighted by Crippen LogP contribution is -2.22. The summed E-state index contributed by atoms with van der Waals surface area (Å²) >= 11 is 0. The van der Waals surface area contributed by atoms with Gasteiger partial charge in [-0.25, -0.2) is 4.98 Å². The number of methoxy groups -OCH3 is 1.